The third kappa shape index (κ3) is 5.07. The van der Waals surface area contributed by atoms with Crippen molar-refractivity contribution in [3.8, 4) is 17.4 Å². The van der Waals surface area contributed by atoms with E-state index < -0.39 is 0 Å². The number of pyridine rings is 2. The highest BCUT2D eigenvalue weighted by molar-refractivity contribution is 5.70. The Bertz CT molecular complexity index is 1180. The molecule has 0 radical (unpaired) electrons. The van der Waals surface area contributed by atoms with Gasteiger partial charge in [-0.2, -0.15) is 4.98 Å². The molecule has 10 nitrogen and oxygen atoms in total. The second kappa shape index (κ2) is 9.72. The van der Waals surface area contributed by atoms with Gasteiger partial charge in [-0.3, -0.25) is 9.78 Å². The number of hydrogen-bond acceptors (Lipinski definition) is 9. The van der Waals surface area contributed by atoms with Crippen LogP contribution in [0.4, 0.5) is 0 Å². The van der Waals surface area contributed by atoms with Gasteiger partial charge in [0, 0.05) is 37.7 Å². The smallest absolute Gasteiger partial charge is 0.249 e. The molecule has 3 aromatic rings. The number of rotatable bonds is 7. The van der Waals surface area contributed by atoms with Gasteiger partial charge >= 0.3 is 0 Å². The quantitative estimate of drug-likeness (QED) is 0.547. The number of piperidine rings is 1. The molecule has 0 aromatic carbocycles. The first-order valence-corrected chi connectivity index (χ1v) is 11.3. The predicted octanol–water partition coefficient (Wildman–Crippen LogP) is 1.29. The Hall–Kier alpha value is -3.24. The van der Waals surface area contributed by atoms with Crippen LogP contribution in [0.1, 0.15) is 24.2 Å². The van der Waals surface area contributed by atoms with Gasteiger partial charge in [0.2, 0.25) is 11.4 Å². The zero-order valence-electron chi connectivity index (χ0n) is 18.7. The van der Waals surface area contributed by atoms with E-state index >= 15 is 0 Å². The maximum atomic E-state index is 11.5. The Morgan fingerprint density at radius 3 is 2.82 bits per heavy atom. The van der Waals surface area contributed by atoms with E-state index in [2.05, 4.69) is 30.2 Å². The van der Waals surface area contributed by atoms with Gasteiger partial charge in [0.15, 0.2) is 17.1 Å². The van der Waals surface area contributed by atoms with Crippen LogP contribution in [0.15, 0.2) is 29.2 Å². The maximum Gasteiger partial charge on any atom is 0.249 e. The van der Waals surface area contributed by atoms with Crippen LogP contribution < -0.4 is 25.1 Å². The predicted molar refractivity (Wildman–Crippen MR) is 122 cm³/mol. The van der Waals surface area contributed by atoms with Crippen molar-refractivity contribution >= 4 is 11.2 Å². The third-order valence-corrected chi connectivity index (χ3v) is 6.10. The summed E-state index contributed by atoms with van der Waals surface area (Å²) in [4.78, 5) is 30.2. The van der Waals surface area contributed by atoms with E-state index in [1.165, 1.54) is 6.07 Å². The molecule has 0 unspecified atom stereocenters. The van der Waals surface area contributed by atoms with Crippen molar-refractivity contribution in [1.29, 1.82) is 0 Å². The van der Waals surface area contributed by atoms with E-state index in [4.69, 9.17) is 14.2 Å². The van der Waals surface area contributed by atoms with Gasteiger partial charge in [-0.15, -0.1) is 0 Å². The highest BCUT2D eigenvalue weighted by atomic mass is 16.6. The number of methoxy groups -OCH3 is 1. The number of nitrogens with zero attached hydrogens (tertiary/aromatic N) is 4. The molecule has 5 heterocycles. The van der Waals surface area contributed by atoms with Gasteiger partial charge in [0.05, 0.1) is 19.0 Å². The summed E-state index contributed by atoms with van der Waals surface area (Å²) in [5.41, 5.74) is 2.68. The summed E-state index contributed by atoms with van der Waals surface area (Å²) in [5.74, 6) is 1.97. The van der Waals surface area contributed by atoms with Crippen molar-refractivity contribution in [2.24, 2.45) is 0 Å². The third-order valence-electron chi connectivity index (χ3n) is 6.10. The zero-order valence-corrected chi connectivity index (χ0v) is 18.7. The molecule has 2 aliphatic rings. The Morgan fingerprint density at radius 1 is 1.18 bits per heavy atom. The molecule has 1 saturated heterocycles. The highest BCUT2D eigenvalue weighted by Gasteiger charge is 2.20. The van der Waals surface area contributed by atoms with Gasteiger partial charge in [0.25, 0.3) is 0 Å². The Morgan fingerprint density at radius 2 is 2.00 bits per heavy atom. The van der Waals surface area contributed by atoms with Crippen LogP contribution in [0.3, 0.4) is 0 Å². The standard InChI is InChI=1S/C23H28N6O4/c1-31-23-18(26-17-2-3-21(30)27-22(17)28-23)6-9-29-7-4-15(5-8-29)24-13-16-12-19-20(14-25-16)33-11-10-32-19/h2-3,12,14-15,24H,4-11,13H2,1H3,(H,27,28,30). The van der Waals surface area contributed by atoms with E-state index in [9.17, 15) is 4.79 Å². The first kappa shape index (κ1) is 21.6. The number of ether oxygens (including phenoxy) is 3. The molecule has 10 heteroatoms. The molecule has 3 aromatic heterocycles. The molecule has 5 rings (SSSR count). The first-order chi connectivity index (χ1) is 16.2. The molecular formula is C23H28N6O4. The summed E-state index contributed by atoms with van der Waals surface area (Å²) < 4.78 is 16.6. The first-order valence-electron chi connectivity index (χ1n) is 11.3. The van der Waals surface area contributed by atoms with Crippen LogP contribution in [-0.4, -0.2) is 70.8 Å². The van der Waals surface area contributed by atoms with Gasteiger partial charge in [-0.05, 0) is 32.0 Å². The normalized spacial score (nSPS) is 16.8. The molecule has 2 N–H and O–H groups in total. The van der Waals surface area contributed by atoms with Crippen LogP contribution in [0.5, 0.6) is 17.4 Å². The minimum atomic E-state index is -0.201. The van der Waals surface area contributed by atoms with Crippen LogP contribution in [0.25, 0.3) is 11.2 Å². The SMILES string of the molecule is COc1nc2[nH]c(=O)ccc2nc1CCN1CCC(NCc2cc3c(cn2)OCCO3)CC1. The van der Waals surface area contributed by atoms with Crippen LogP contribution in [0, 0.1) is 0 Å². The van der Waals surface area contributed by atoms with Crippen molar-refractivity contribution in [3.05, 3.63) is 46.1 Å². The molecule has 0 bridgehead atoms. The summed E-state index contributed by atoms with van der Waals surface area (Å²) in [6, 6.07) is 5.58. The molecule has 0 spiro atoms. The lowest BCUT2D eigenvalue weighted by molar-refractivity contribution is 0.170. The van der Waals surface area contributed by atoms with Crippen LogP contribution >= 0.6 is 0 Å². The molecular weight excluding hydrogens is 424 g/mol. The lowest BCUT2D eigenvalue weighted by Gasteiger charge is -2.32. The average molecular weight is 453 g/mol. The van der Waals surface area contributed by atoms with Gasteiger partial charge in [0.1, 0.15) is 24.4 Å². The lowest BCUT2D eigenvalue weighted by atomic mass is 10.0. The van der Waals surface area contributed by atoms with Gasteiger partial charge in [-0.1, -0.05) is 0 Å². The molecule has 1 fully saturated rings. The van der Waals surface area contributed by atoms with Crippen LogP contribution in [0.2, 0.25) is 0 Å². The minimum Gasteiger partial charge on any atom is -0.486 e. The number of aromatic nitrogens is 4. The number of nitrogens with one attached hydrogen (secondary N) is 2. The van der Waals surface area contributed by atoms with Crippen molar-refractivity contribution in [1.82, 2.24) is 30.2 Å². The number of hydrogen-bond donors (Lipinski definition) is 2. The van der Waals surface area contributed by atoms with E-state index in [0.29, 0.717) is 42.8 Å². The number of fused-ring (bicyclic) bond motifs is 2. The molecule has 174 valence electrons. The highest BCUT2D eigenvalue weighted by Crippen LogP contribution is 2.29. The molecule has 33 heavy (non-hydrogen) atoms. The Kier molecular flexibility index (Phi) is 6.36. The summed E-state index contributed by atoms with van der Waals surface area (Å²) in [5, 5.41) is 3.63. The molecule has 0 aliphatic carbocycles. The van der Waals surface area contributed by atoms with E-state index in [1.54, 1.807) is 19.4 Å². The summed E-state index contributed by atoms with van der Waals surface area (Å²) in [7, 11) is 1.58. The van der Waals surface area contributed by atoms with Crippen LogP contribution in [-0.2, 0) is 13.0 Å². The largest absolute Gasteiger partial charge is 0.486 e. The van der Waals surface area contributed by atoms with Crippen molar-refractivity contribution in [3.63, 3.8) is 0 Å². The van der Waals surface area contributed by atoms with Gasteiger partial charge < -0.3 is 29.4 Å². The number of likely N-dealkylation sites (tertiary alicyclic amines) is 1. The molecule has 0 amide bonds. The fraction of sp³-hybridized carbons (Fsp3) is 0.478. The number of H-pyrrole nitrogens is 1. The summed E-state index contributed by atoms with van der Waals surface area (Å²) >= 11 is 0. The van der Waals surface area contributed by atoms with Crippen molar-refractivity contribution < 1.29 is 14.2 Å². The second-order valence-electron chi connectivity index (χ2n) is 8.30. The monoisotopic (exact) mass is 452 g/mol. The second-order valence-corrected chi connectivity index (χ2v) is 8.30. The van der Waals surface area contributed by atoms with Crippen molar-refractivity contribution in [2.45, 2.75) is 31.8 Å². The Balaban J connectivity index is 1.11. The molecule has 2 aliphatic heterocycles. The zero-order chi connectivity index (χ0) is 22.6. The fourth-order valence-electron chi connectivity index (χ4n) is 4.28. The van der Waals surface area contributed by atoms with E-state index in [-0.39, 0.29) is 5.56 Å². The molecule has 0 saturated carbocycles. The topological polar surface area (TPSA) is 114 Å². The van der Waals surface area contributed by atoms with E-state index in [0.717, 1.165) is 61.8 Å². The molecule has 0 atom stereocenters. The average Bonchev–Trinajstić information content (AvgIpc) is 2.86. The Labute approximate surface area is 191 Å². The summed E-state index contributed by atoms with van der Waals surface area (Å²) in [6.07, 6.45) is 4.64. The van der Waals surface area contributed by atoms with Gasteiger partial charge in [-0.25, -0.2) is 4.98 Å². The fourth-order valence-corrected chi connectivity index (χ4v) is 4.28. The van der Waals surface area contributed by atoms with E-state index in [1.807, 2.05) is 6.07 Å². The van der Waals surface area contributed by atoms with Crippen molar-refractivity contribution in [2.75, 3.05) is 40.0 Å². The lowest BCUT2D eigenvalue weighted by Crippen LogP contribution is -2.43. The number of aromatic amines is 1. The summed E-state index contributed by atoms with van der Waals surface area (Å²) in [6.45, 7) is 4.79. The maximum absolute atomic E-state index is 11.5. The minimum absolute atomic E-state index is 0.201.